The fourth-order valence-corrected chi connectivity index (χ4v) is 4.87. The molecule has 0 amide bonds. The third-order valence-electron chi connectivity index (χ3n) is 6.64. The summed E-state index contributed by atoms with van der Waals surface area (Å²) in [7, 11) is 0. The Kier molecular flexibility index (Phi) is 4.18. The molecule has 0 bridgehead atoms. The second-order valence-corrected chi connectivity index (χ2v) is 11.1. The Morgan fingerprint density at radius 1 is 0.739 bits per heavy atom. The Morgan fingerprint density at radius 3 is 1.65 bits per heavy atom. The lowest BCUT2D eigenvalue weighted by Crippen LogP contribution is -2.75. The summed E-state index contributed by atoms with van der Waals surface area (Å²) in [6.45, 7) is 25.8. The van der Waals surface area contributed by atoms with Crippen molar-refractivity contribution in [2.24, 2.45) is 10.8 Å². The van der Waals surface area contributed by atoms with Crippen molar-refractivity contribution in [3.63, 3.8) is 0 Å². The average Bonchev–Trinajstić information content (AvgIpc) is 2.28. The monoisotopic (exact) mass is 321 g/mol. The predicted octanol–water partition coefficient (Wildman–Crippen LogP) is 3.30. The first-order valence-corrected chi connectivity index (χ1v) is 9.64. The second kappa shape index (κ2) is 5.44. The van der Waals surface area contributed by atoms with Gasteiger partial charge in [-0.05, 0) is 72.9 Å². The van der Waals surface area contributed by atoms with Gasteiger partial charge >= 0.3 is 0 Å². The molecule has 0 aliphatic carbocycles. The highest BCUT2D eigenvalue weighted by atomic mass is 15.3. The van der Waals surface area contributed by atoms with Gasteiger partial charge in [0.25, 0.3) is 0 Å². The van der Waals surface area contributed by atoms with Crippen molar-refractivity contribution < 1.29 is 0 Å². The highest BCUT2D eigenvalue weighted by Gasteiger charge is 2.54. The zero-order valence-corrected chi connectivity index (χ0v) is 16.7. The van der Waals surface area contributed by atoms with Gasteiger partial charge in [-0.1, -0.05) is 6.92 Å². The van der Waals surface area contributed by atoms with E-state index in [0.29, 0.717) is 21.9 Å². The molecule has 0 N–H and O–H groups in total. The van der Waals surface area contributed by atoms with Crippen molar-refractivity contribution in [3.05, 3.63) is 0 Å². The summed E-state index contributed by atoms with van der Waals surface area (Å²) in [4.78, 5) is 8.06. The Hall–Kier alpha value is -0.120. The molecule has 23 heavy (non-hydrogen) atoms. The van der Waals surface area contributed by atoms with Gasteiger partial charge in [0, 0.05) is 49.2 Å². The van der Waals surface area contributed by atoms with Crippen molar-refractivity contribution in [2.45, 2.75) is 72.4 Å². The first-order valence-electron chi connectivity index (χ1n) is 9.64. The lowest BCUT2D eigenvalue weighted by atomic mass is 9.69. The zero-order chi connectivity index (χ0) is 17.1. The fraction of sp³-hybridized carbons (Fsp3) is 1.00. The quantitative estimate of drug-likeness (QED) is 0.772. The van der Waals surface area contributed by atoms with Crippen LogP contribution < -0.4 is 0 Å². The van der Waals surface area contributed by atoms with E-state index in [0.717, 1.165) is 0 Å². The minimum Gasteiger partial charge on any atom is -0.301 e. The van der Waals surface area contributed by atoms with E-state index >= 15 is 0 Å². The SMILES string of the molecule is CC1(CN2CC3(C2)CN(C(C)(C)C)C3)CCN(C(C)(C)C)CC1. The Morgan fingerprint density at radius 2 is 1.22 bits per heavy atom. The zero-order valence-electron chi connectivity index (χ0n) is 16.7. The summed E-state index contributed by atoms with van der Waals surface area (Å²) in [6, 6.07) is 0. The van der Waals surface area contributed by atoms with Crippen LogP contribution in [-0.4, -0.2) is 71.6 Å². The molecule has 0 aromatic carbocycles. The molecule has 0 saturated carbocycles. The number of hydrogen-bond donors (Lipinski definition) is 0. The van der Waals surface area contributed by atoms with Crippen LogP contribution in [0.5, 0.6) is 0 Å². The first kappa shape index (κ1) is 17.7. The maximum absolute atomic E-state index is 2.74. The smallest absolute Gasteiger partial charge is 0.0212 e. The van der Waals surface area contributed by atoms with E-state index in [-0.39, 0.29) is 0 Å². The van der Waals surface area contributed by atoms with Gasteiger partial charge < -0.3 is 4.90 Å². The van der Waals surface area contributed by atoms with Gasteiger partial charge in [-0.25, -0.2) is 0 Å². The Bertz CT molecular complexity index is 421. The lowest BCUT2D eigenvalue weighted by molar-refractivity contribution is -0.154. The number of hydrogen-bond acceptors (Lipinski definition) is 3. The van der Waals surface area contributed by atoms with E-state index in [1.165, 1.54) is 58.7 Å². The normalized spacial score (nSPS) is 29.3. The van der Waals surface area contributed by atoms with Crippen LogP contribution in [-0.2, 0) is 0 Å². The molecule has 3 aliphatic rings. The van der Waals surface area contributed by atoms with Gasteiger partial charge in [-0.15, -0.1) is 0 Å². The molecule has 3 heterocycles. The largest absolute Gasteiger partial charge is 0.301 e. The Labute approximate surface area is 144 Å². The highest BCUT2D eigenvalue weighted by molar-refractivity contribution is 5.09. The molecular formula is C20H39N3. The molecule has 0 aromatic heterocycles. The molecule has 134 valence electrons. The van der Waals surface area contributed by atoms with Crippen LogP contribution in [0.3, 0.4) is 0 Å². The van der Waals surface area contributed by atoms with E-state index in [2.05, 4.69) is 63.2 Å². The molecule has 3 saturated heterocycles. The van der Waals surface area contributed by atoms with Crippen LogP contribution in [0.15, 0.2) is 0 Å². The van der Waals surface area contributed by atoms with Gasteiger partial charge in [-0.3, -0.25) is 9.80 Å². The van der Waals surface area contributed by atoms with Crippen LogP contribution in [0.2, 0.25) is 0 Å². The molecule has 0 unspecified atom stereocenters. The van der Waals surface area contributed by atoms with E-state index < -0.39 is 0 Å². The summed E-state index contributed by atoms with van der Waals surface area (Å²) in [6.07, 6.45) is 2.73. The molecule has 3 fully saturated rings. The molecule has 3 aliphatic heterocycles. The number of nitrogens with zero attached hydrogens (tertiary/aromatic N) is 3. The highest BCUT2D eigenvalue weighted by Crippen LogP contribution is 2.45. The molecule has 0 aromatic rings. The molecule has 1 spiro atoms. The number of rotatable bonds is 2. The van der Waals surface area contributed by atoms with Crippen LogP contribution in [0.25, 0.3) is 0 Å². The predicted molar refractivity (Wildman–Crippen MR) is 98.9 cm³/mol. The minimum absolute atomic E-state index is 0.338. The maximum atomic E-state index is 2.74. The van der Waals surface area contributed by atoms with Crippen molar-refractivity contribution >= 4 is 0 Å². The molecule has 3 nitrogen and oxygen atoms in total. The van der Waals surface area contributed by atoms with Crippen LogP contribution in [0.4, 0.5) is 0 Å². The number of piperidine rings is 1. The van der Waals surface area contributed by atoms with Gasteiger partial charge in [-0.2, -0.15) is 0 Å². The van der Waals surface area contributed by atoms with Crippen LogP contribution >= 0.6 is 0 Å². The minimum atomic E-state index is 0.338. The molecular weight excluding hydrogens is 282 g/mol. The maximum Gasteiger partial charge on any atom is 0.0212 e. The molecule has 3 heteroatoms. The van der Waals surface area contributed by atoms with E-state index in [4.69, 9.17) is 0 Å². The van der Waals surface area contributed by atoms with Crippen molar-refractivity contribution in [1.82, 2.24) is 14.7 Å². The third kappa shape index (κ3) is 3.62. The van der Waals surface area contributed by atoms with Crippen LogP contribution in [0, 0.1) is 10.8 Å². The summed E-state index contributed by atoms with van der Waals surface area (Å²) >= 11 is 0. The van der Waals surface area contributed by atoms with Crippen LogP contribution in [0.1, 0.15) is 61.3 Å². The van der Waals surface area contributed by atoms with Gasteiger partial charge in [0.15, 0.2) is 0 Å². The summed E-state index contributed by atoms with van der Waals surface area (Å²) in [5.41, 5.74) is 1.88. The Balaban J connectivity index is 1.43. The topological polar surface area (TPSA) is 9.72 Å². The van der Waals surface area contributed by atoms with E-state index in [1.54, 1.807) is 0 Å². The summed E-state index contributed by atoms with van der Waals surface area (Å²) in [5, 5.41) is 0. The van der Waals surface area contributed by atoms with E-state index in [1.807, 2.05) is 0 Å². The van der Waals surface area contributed by atoms with Gasteiger partial charge in [0.1, 0.15) is 0 Å². The standard InChI is InChI=1S/C20H39N3/c1-17(2,3)22-10-8-19(7,9-11-22)12-21-13-20(14-21)15-23(16-20)18(4,5)6/h8-16H2,1-7H3. The van der Waals surface area contributed by atoms with Crippen molar-refractivity contribution in [1.29, 1.82) is 0 Å². The fourth-order valence-electron chi connectivity index (χ4n) is 4.87. The summed E-state index contributed by atoms with van der Waals surface area (Å²) in [5.74, 6) is 0. The summed E-state index contributed by atoms with van der Waals surface area (Å²) < 4.78 is 0. The molecule has 0 radical (unpaired) electrons. The van der Waals surface area contributed by atoms with Crippen molar-refractivity contribution in [2.75, 3.05) is 45.8 Å². The van der Waals surface area contributed by atoms with E-state index in [9.17, 15) is 0 Å². The second-order valence-electron chi connectivity index (χ2n) is 11.1. The average molecular weight is 322 g/mol. The first-order chi connectivity index (χ1) is 10.4. The van der Waals surface area contributed by atoms with Gasteiger partial charge in [0.05, 0.1) is 0 Å². The third-order valence-corrected chi connectivity index (χ3v) is 6.64. The van der Waals surface area contributed by atoms with Crippen molar-refractivity contribution in [3.8, 4) is 0 Å². The molecule has 3 rings (SSSR count). The number of likely N-dealkylation sites (tertiary alicyclic amines) is 3. The van der Waals surface area contributed by atoms with Gasteiger partial charge in [0.2, 0.25) is 0 Å². The molecule has 0 atom stereocenters. The lowest BCUT2D eigenvalue weighted by Gasteiger charge is -2.64.